The standard InChI is InChI=1S/C12H14N4O4.C8H5N3O4.C4H12N2/c1-14(2)3-4-15-11(17)7-5-9(13)10(16(19)20)6-8(7)12(15)18;9-5-1-3-4(2-6(5)11(14)15)8(13)10-7(3)12;1-6(2)4-3-5/h5-6H,3-4,13H2,1-2H3;1-2H,9H2,(H,10,12,13);3-5H2,1-2H3. The summed E-state index contributed by atoms with van der Waals surface area (Å²) in [6.07, 6.45) is 0. The van der Waals surface area contributed by atoms with Crippen molar-refractivity contribution in [3.05, 3.63) is 66.7 Å². The first-order valence-electron chi connectivity index (χ1n) is 12.0. The van der Waals surface area contributed by atoms with E-state index < -0.39 is 33.5 Å². The van der Waals surface area contributed by atoms with Gasteiger partial charge in [-0.2, -0.15) is 0 Å². The summed E-state index contributed by atoms with van der Waals surface area (Å²) in [5.74, 6) is -2.21. The molecular formula is C24H31N9O8. The number of rotatable bonds is 7. The summed E-state index contributed by atoms with van der Waals surface area (Å²) in [5, 5.41) is 23.4. The smallest absolute Gasteiger partial charge is 0.292 e. The van der Waals surface area contributed by atoms with Gasteiger partial charge in [-0.1, -0.05) is 0 Å². The molecule has 0 unspecified atom stereocenters. The molecule has 4 amide bonds. The van der Waals surface area contributed by atoms with Gasteiger partial charge in [0.15, 0.2) is 0 Å². The Morgan fingerprint density at radius 3 is 1.51 bits per heavy atom. The van der Waals surface area contributed by atoms with Crippen LogP contribution in [0.25, 0.3) is 0 Å². The largest absolute Gasteiger partial charge is 0.393 e. The number of nitrogen functional groups attached to an aromatic ring is 2. The minimum absolute atomic E-state index is 0.0131. The highest BCUT2D eigenvalue weighted by molar-refractivity contribution is 6.23. The number of amides is 4. The van der Waals surface area contributed by atoms with Crippen molar-refractivity contribution in [3.8, 4) is 0 Å². The van der Waals surface area contributed by atoms with Crippen LogP contribution in [0.3, 0.4) is 0 Å². The second kappa shape index (κ2) is 13.4. The fourth-order valence-electron chi connectivity index (χ4n) is 3.64. The lowest BCUT2D eigenvalue weighted by Crippen LogP contribution is -2.35. The van der Waals surface area contributed by atoms with Crippen molar-refractivity contribution in [3.63, 3.8) is 0 Å². The number of carbonyl (C=O) groups excluding carboxylic acids is 4. The molecule has 2 aliphatic heterocycles. The summed E-state index contributed by atoms with van der Waals surface area (Å²) in [6.45, 7) is 2.49. The molecular weight excluding hydrogens is 542 g/mol. The number of nitro groups is 2. The van der Waals surface area contributed by atoms with Crippen molar-refractivity contribution < 1.29 is 29.0 Å². The molecule has 2 heterocycles. The van der Waals surface area contributed by atoms with E-state index in [9.17, 15) is 39.4 Å². The van der Waals surface area contributed by atoms with Crippen LogP contribution < -0.4 is 22.5 Å². The van der Waals surface area contributed by atoms with E-state index in [-0.39, 0.29) is 51.5 Å². The van der Waals surface area contributed by atoms with Crippen LogP contribution in [-0.2, 0) is 0 Å². The number of nitrogens with zero attached hydrogens (tertiary/aromatic N) is 5. The summed E-state index contributed by atoms with van der Waals surface area (Å²) >= 11 is 0. The van der Waals surface area contributed by atoms with E-state index in [1.807, 2.05) is 38.4 Å². The molecule has 0 radical (unpaired) electrons. The maximum absolute atomic E-state index is 12.1. The van der Waals surface area contributed by atoms with Gasteiger partial charge in [0.1, 0.15) is 11.4 Å². The van der Waals surface area contributed by atoms with Crippen molar-refractivity contribution in [2.75, 3.05) is 65.8 Å². The molecule has 17 nitrogen and oxygen atoms in total. The number of nitro benzene ring substituents is 2. The molecule has 17 heteroatoms. The second-order valence-corrected chi connectivity index (χ2v) is 9.37. The van der Waals surface area contributed by atoms with Crippen molar-refractivity contribution in [1.82, 2.24) is 20.0 Å². The van der Waals surface area contributed by atoms with Crippen LogP contribution in [0.15, 0.2) is 24.3 Å². The van der Waals surface area contributed by atoms with Gasteiger partial charge in [0.2, 0.25) is 0 Å². The fourth-order valence-corrected chi connectivity index (χ4v) is 3.64. The first-order chi connectivity index (χ1) is 19.1. The van der Waals surface area contributed by atoms with Crippen LogP contribution in [0.4, 0.5) is 22.7 Å². The minimum atomic E-state index is -0.703. The third-order valence-corrected chi connectivity index (χ3v) is 5.74. The number of likely N-dealkylation sites (N-methyl/N-ethyl adjacent to an activating group) is 2. The number of anilines is 2. The third-order valence-electron chi connectivity index (χ3n) is 5.74. The van der Waals surface area contributed by atoms with Crippen LogP contribution >= 0.6 is 0 Å². The summed E-state index contributed by atoms with van der Waals surface area (Å²) in [6, 6.07) is 4.41. The lowest BCUT2D eigenvalue weighted by atomic mass is 10.1. The summed E-state index contributed by atoms with van der Waals surface area (Å²) in [5.41, 5.74) is 15.3. The summed E-state index contributed by atoms with van der Waals surface area (Å²) < 4.78 is 0. The normalized spacial score (nSPS) is 13.3. The van der Waals surface area contributed by atoms with Gasteiger partial charge in [-0.25, -0.2) is 0 Å². The molecule has 0 spiro atoms. The van der Waals surface area contributed by atoms with E-state index in [4.69, 9.17) is 17.2 Å². The van der Waals surface area contributed by atoms with Crippen molar-refractivity contribution >= 4 is 46.4 Å². The van der Waals surface area contributed by atoms with Crippen LogP contribution in [0.5, 0.6) is 0 Å². The quantitative estimate of drug-likeness (QED) is 0.146. The van der Waals surface area contributed by atoms with E-state index in [0.29, 0.717) is 6.54 Å². The van der Waals surface area contributed by atoms with Gasteiger partial charge in [-0.15, -0.1) is 0 Å². The summed E-state index contributed by atoms with van der Waals surface area (Å²) in [4.78, 5) is 71.5. The topological polar surface area (TPSA) is 254 Å². The Hall–Kier alpha value is -5.00. The van der Waals surface area contributed by atoms with Crippen molar-refractivity contribution in [2.24, 2.45) is 5.73 Å². The molecule has 0 aliphatic carbocycles. The zero-order valence-corrected chi connectivity index (χ0v) is 22.9. The third kappa shape index (κ3) is 7.56. The molecule has 0 saturated heterocycles. The minimum Gasteiger partial charge on any atom is -0.393 e. The van der Waals surface area contributed by atoms with Crippen LogP contribution in [0, 0.1) is 20.2 Å². The maximum Gasteiger partial charge on any atom is 0.292 e. The molecule has 220 valence electrons. The van der Waals surface area contributed by atoms with Gasteiger partial charge >= 0.3 is 0 Å². The van der Waals surface area contributed by atoms with E-state index in [1.54, 1.807) is 0 Å². The highest BCUT2D eigenvalue weighted by Gasteiger charge is 2.37. The number of hydrogen-bond donors (Lipinski definition) is 4. The average molecular weight is 574 g/mol. The fraction of sp³-hybridized carbons (Fsp3) is 0.333. The van der Waals surface area contributed by atoms with E-state index in [2.05, 4.69) is 4.90 Å². The van der Waals surface area contributed by atoms with E-state index in [0.717, 1.165) is 36.2 Å². The molecule has 7 N–H and O–H groups in total. The molecule has 2 aromatic carbocycles. The molecule has 2 aromatic rings. The van der Waals surface area contributed by atoms with Crippen molar-refractivity contribution in [1.29, 1.82) is 0 Å². The van der Waals surface area contributed by atoms with Gasteiger partial charge < -0.3 is 27.0 Å². The Morgan fingerprint density at radius 2 is 1.12 bits per heavy atom. The van der Waals surface area contributed by atoms with Gasteiger partial charge in [0.25, 0.3) is 35.0 Å². The van der Waals surface area contributed by atoms with Crippen LogP contribution in [-0.4, -0.2) is 103 Å². The molecule has 0 saturated carbocycles. The van der Waals surface area contributed by atoms with E-state index in [1.165, 1.54) is 6.07 Å². The van der Waals surface area contributed by atoms with Crippen molar-refractivity contribution in [2.45, 2.75) is 0 Å². The summed E-state index contributed by atoms with van der Waals surface area (Å²) in [7, 11) is 7.65. The predicted octanol–water partition coefficient (Wildman–Crippen LogP) is -0.0981. The van der Waals surface area contributed by atoms with Crippen LogP contribution in [0.1, 0.15) is 41.4 Å². The lowest BCUT2D eigenvalue weighted by Gasteiger charge is -2.16. The molecule has 41 heavy (non-hydrogen) atoms. The lowest BCUT2D eigenvalue weighted by molar-refractivity contribution is -0.384. The Bertz CT molecular complexity index is 1410. The Labute approximate surface area is 234 Å². The van der Waals surface area contributed by atoms with E-state index >= 15 is 0 Å². The molecule has 0 atom stereocenters. The number of nitrogens with one attached hydrogen (secondary N) is 1. The molecule has 2 aliphatic rings. The van der Waals surface area contributed by atoms with Gasteiger partial charge in [0, 0.05) is 38.3 Å². The molecule has 0 bridgehead atoms. The highest BCUT2D eigenvalue weighted by atomic mass is 16.6. The molecule has 0 fully saturated rings. The number of carbonyl (C=O) groups is 4. The van der Waals surface area contributed by atoms with Gasteiger partial charge in [-0.05, 0) is 40.3 Å². The number of benzene rings is 2. The Kier molecular flexibility index (Phi) is 10.5. The van der Waals surface area contributed by atoms with Gasteiger partial charge in [0.05, 0.1) is 32.1 Å². The number of imide groups is 2. The Morgan fingerprint density at radius 1 is 0.732 bits per heavy atom. The maximum atomic E-state index is 12.1. The second-order valence-electron chi connectivity index (χ2n) is 9.37. The first kappa shape index (κ1) is 32.2. The molecule has 0 aromatic heterocycles. The monoisotopic (exact) mass is 573 g/mol. The van der Waals surface area contributed by atoms with Crippen LogP contribution in [0.2, 0.25) is 0 Å². The number of fused-ring (bicyclic) bond motifs is 2. The number of nitrogens with two attached hydrogens (primary N) is 3. The number of hydrogen-bond acceptors (Lipinski definition) is 13. The Balaban J connectivity index is 0.000000246. The highest BCUT2D eigenvalue weighted by Crippen LogP contribution is 2.31. The average Bonchev–Trinajstić information content (AvgIpc) is 3.27. The zero-order chi connectivity index (χ0) is 31.2. The zero-order valence-electron chi connectivity index (χ0n) is 22.9. The van der Waals surface area contributed by atoms with Gasteiger partial charge in [-0.3, -0.25) is 49.6 Å². The molecule has 4 rings (SSSR count). The first-order valence-corrected chi connectivity index (χ1v) is 12.0. The SMILES string of the molecule is CN(C)CCN.CN(C)CCN1C(=O)c2cc(N)c([N+](=O)[O-])cc2C1=O.Nc1cc2c(cc1[N+](=O)[O-])C(=O)NC2=O. The predicted molar refractivity (Wildman–Crippen MR) is 148 cm³/mol.